The summed E-state index contributed by atoms with van der Waals surface area (Å²) in [5.41, 5.74) is 10.8. The van der Waals surface area contributed by atoms with Crippen molar-refractivity contribution in [2.75, 3.05) is 36.6 Å². The normalized spacial score (nSPS) is 17.2. The summed E-state index contributed by atoms with van der Waals surface area (Å²) >= 11 is 0. The monoisotopic (exact) mass is 362 g/mol. The summed E-state index contributed by atoms with van der Waals surface area (Å²) in [7, 11) is 2.13. The van der Waals surface area contributed by atoms with Crippen LogP contribution in [0.25, 0.3) is 0 Å². The lowest BCUT2D eigenvalue weighted by Crippen LogP contribution is -2.34. The predicted octanol–water partition coefficient (Wildman–Crippen LogP) is 2.84. The average Bonchev–Trinajstić information content (AvgIpc) is 3.33. The summed E-state index contributed by atoms with van der Waals surface area (Å²) in [6.45, 7) is 3.76. The molecule has 0 atom stereocenters. The van der Waals surface area contributed by atoms with Gasteiger partial charge in [-0.1, -0.05) is 36.4 Å². The smallest absolute Gasteiger partial charge is 0.216 e. The van der Waals surface area contributed by atoms with Crippen molar-refractivity contribution in [3.8, 4) is 0 Å². The number of nitrogens with two attached hydrogens (primary N) is 1. The zero-order valence-corrected chi connectivity index (χ0v) is 15.8. The van der Waals surface area contributed by atoms with E-state index in [-0.39, 0.29) is 0 Å². The van der Waals surface area contributed by atoms with Crippen LogP contribution in [0.5, 0.6) is 0 Å². The molecule has 2 aliphatic heterocycles. The maximum Gasteiger partial charge on any atom is 0.216 e. The van der Waals surface area contributed by atoms with Gasteiger partial charge in [-0.2, -0.15) is 5.10 Å². The molecule has 2 aromatic carbocycles. The standard InChI is InChI=1S/C21H26N6/c1-25-16-27(20-7-3-2-6-19(20)25)15-18-10-8-17(9-11-18)14-23-24-21(22)26-12-4-5-13-26/h2-3,6-11,14H,4-5,12-13,15-16H2,1H3,(H2,22,24)/b23-14+. The summed E-state index contributed by atoms with van der Waals surface area (Å²) in [5.74, 6) is 0.511. The molecule has 4 rings (SSSR count). The van der Waals surface area contributed by atoms with Crippen LogP contribution >= 0.6 is 0 Å². The molecule has 6 heteroatoms. The Morgan fingerprint density at radius 2 is 1.74 bits per heavy atom. The number of para-hydroxylation sites is 2. The lowest BCUT2D eigenvalue weighted by Gasteiger charge is -2.19. The van der Waals surface area contributed by atoms with Crippen molar-refractivity contribution in [2.24, 2.45) is 15.9 Å². The summed E-state index contributed by atoms with van der Waals surface area (Å²) in [6, 6.07) is 17.0. The molecule has 0 spiro atoms. The van der Waals surface area contributed by atoms with Crippen molar-refractivity contribution in [1.29, 1.82) is 0 Å². The van der Waals surface area contributed by atoms with Gasteiger partial charge in [0, 0.05) is 26.7 Å². The van der Waals surface area contributed by atoms with E-state index in [4.69, 9.17) is 5.73 Å². The molecule has 2 aromatic rings. The van der Waals surface area contributed by atoms with Crippen molar-refractivity contribution in [1.82, 2.24) is 4.90 Å². The average molecular weight is 362 g/mol. The maximum atomic E-state index is 5.96. The molecule has 2 heterocycles. The van der Waals surface area contributed by atoms with Crippen LogP contribution in [-0.4, -0.2) is 43.9 Å². The fraction of sp³-hybridized carbons (Fsp3) is 0.333. The molecule has 2 aliphatic rings. The third-order valence-corrected chi connectivity index (χ3v) is 5.17. The Balaban J connectivity index is 1.38. The Morgan fingerprint density at radius 3 is 2.48 bits per heavy atom. The molecular weight excluding hydrogens is 336 g/mol. The Morgan fingerprint density at radius 1 is 1.04 bits per heavy atom. The van der Waals surface area contributed by atoms with Crippen LogP contribution in [0.4, 0.5) is 11.4 Å². The molecule has 27 heavy (non-hydrogen) atoms. The van der Waals surface area contributed by atoms with Crippen molar-refractivity contribution in [3.05, 3.63) is 59.7 Å². The molecule has 2 N–H and O–H groups in total. The molecule has 0 bridgehead atoms. The number of guanidine groups is 1. The van der Waals surface area contributed by atoms with E-state index in [2.05, 4.69) is 80.5 Å². The zero-order chi connectivity index (χ0) is 18.6. The predicted molar refractivity (Wildman–Crippen MR) is 112 cm³/mol. The van der Waals surface area contributed by atoms with Gasteiger partial charge in [0.25, 0.3) is 0 Å². The zero-order valence-electron chi connectivity index (χ0n) is 15.8. The first-order valence-electron chi connectivity index (χ1n) is 9.46. The summed E-state index contributed by atoms with van der Waals surface area (Å²) < 4.78 is 0. The first-order valence-corrected chi connectivity index (χ1v) is 9.46. The molecule has 1 saturated heterocycles. The van der Waals surface area contributed by atoms with Crippen LogP contribution in [0.15, 0.2) is 58.7 Å². The number of rotatable bonds is 4. The SMILES string of the molecule is CN1CN(Cc2ccc(/C=N/N=C(\N)N3CCCC3)cc2)c2ccccc21. The molecule has 0 amide bonds. The van der Waals surface area contributed by atoms with Gasteiger partial charge in [-0.05, 0) is 36.1 Å². The molecule has 0 aliphatic carbocycles. The van der Waals surface area contributed by atoms with E-state index >= 15 is 0 Å². The number of benzene rings is 2. The van der Waals surface area contributed by atoms with Crippen molar-refractivity contribution in [3.63, 3.8) is 0 Å². The van der Waals surface area contributed by atoms with Crippen LogP contribution in [0.2, 0.25) is 0 Å². The van der Waals surface area contributed by atoms with E-state index < -0.39 is 0 Å². The fourth-order valence-electron chi connectivity index (χ4n) is 3.69. The van der Waals surface area contributed by atoms with E-state index in [1.165, 1.54) is 29.8 Å². The second-order valence-corrected chi connectivity index (χ2v) is 7.16. The highest BCUT2D eigenvalue weighted by molar-refractivity contribution is 5.82. The number of likely N-dealkylation sites (tertiary alicyclic amines) is 1. The van der Waals surface area contributed by atoms with Gasteiger partial charge in [0.15, 0.2) is 0 Å². The highest BCUT2D eigenvalue weighted by atomic mass is 15.4. The molecule has 0 radical (unpaired) electrons. The van der Waals surface area contributed by atoms with Gasteiger partial charge >= 0.3 is 0 Å². The summed E-state index contributed by atoms with van der Waals surface area (Å²) in [5, 5.41) is 8.25. The molecule has 6 nitrogen and oxygen atoms in total. The van der Waals surface area contributed by atoms with E-state index in [1.807, 2.05) is 0 Å². The quantitative estimate of drug-likeness (QED) is 0.516. The second kappa shape index (κ2) is 7.70. The minimum Gasteiger partial charge on any atom is -0.368 e. The summed E-state index contributed by atoms with van der Waals surface area (Å²) in [6.07, 6.45) is 4.11. The Bertz CT molecular complexity index is 836. The van der Waals surface area contributed by atoms with Crippen molar-refractivity contribution >= 4 is 23.5 Å². The van der Waals surface area contributed by atoms with E-state index in [9.17, 15) is 0 Å². The van der Waals surface area contributed by atoms with Gasteiger partial charge in [-0.25, -0.2) is 0 Å². The van der Waals surface area contributed by atoms with Crippen LogP contribution in [0.3, 0.4) is 0 Å². The van der Waals surface area contributed by atoms with E-state index in [1.54, 1.807) is 6.21 Å². The number of hydrogen-bond acceptors (Lipinski definition) is 4. The minimum atomic E-state index is 0.511. The molecule has 1 fully saturated rings. The Labute approximate surface area is 160 Å². The summed E-state index contributed by atoms with van der Waals surface area (Å²) in [4.78, 5) is 6.74. The van der Waals surface area contributed by atoms with Crippen molar-refractivity contribution in [2.45, 2.75) is 19.4 Å². The molecule has 140 valence electrons. The number of hydrogen-bond donors (Lipinski definition) is 1. The molecule has 0 saturated carbocycles. The van der Waals surface area contributed by atoms with Crippen LogP contribution < -0.4 is 15.5 Å². The van der Waals surface area contributed by atoms with Crippen LogP contribution in [-0.2, 0) is 6.54 Å². The molecule has 0 aromatic heterocycles. The van der Waals surface area contributed by atoms with Crippen molar-refractivity contribution < 1.29 is 0 Å². The fourth-order valence-corrected chi connectivity index (χ4v) is 3.69. The maximum absolute atomic E-state index is 5.96. The lowest BCUT2D eigenvalue weighted by atomic mass is 10.1. The number of fused-ring (bicyclic) bond motifs is 1. The third kappa shape index (κ3) is 3.89. The second-order valence-electron chi connectivity index (χ2n) is 7.16. The molecule has 0 unspecified atom stereocenters. The van der Waals surface area contributed by atoms with E-state index in [0.717, 1.165) is 31.9 Å². The Hall–Kier alpha value is -3.02. The highest BCUT2D eigenvalue weighted by Gasteiger charge is 2.22. The van der Waals surface area contributed by atoms with Gasteiger partial charge in [-0.3, -0.25) is 0 Å². The largest absolute Gasteiger partial charge is 0.368 e. The van der Waals surface area contributed by atoms with Gasteiger partial charge < -0.3 is 20.4 Å². The first-order chi connectivity index (χ1) is 13.2. The van der Waals surface area contributed by atoms with Gasteiger partial charge in [0.05, 0.1) is 24.3 Å². The highest BCUT2D eigenvalue weighted by Crippen LogP contribution is 2.35. The number of anilines is 2. The van der Waals surface area contributed by atoms with Gasteiger partial charge in [0.2, 0.25) is 5.96 Å². The minimum absolute atomic E-state index is 0.511. The third-order valence-electron chi connectivity index (χ3n) is 5.17. The topological polar surface area (TPSA) is 60.5 Å². The van der Waals surface area contributed by atoms with Gasteiger partial charge in [-0.15, -0.1) is 5.10 Å². The Kier molecular flexibility index (Phi) is 4.96. The number of nitrogens with zero attached hydrogens (tertiary/aromatic N) is 5. The first kappa shape index (κ1) is 17.4. The van der Waals surface area contributed by atoms with Gasteiger partial charge in [0.1, 0.15) is 0 Å². The van der Waals surface area contributed by atoms with Crippen LogP contribution in [0, 0.1) is 0 Å². The molecular formula is C21H26N6. The van der Waals surface area contributed by atoms with Crippen LogP contribution in [0.1, 0.15) is 24.0 Å². The van der Waals surface area contributed by atoms with E-state index in [0.29, 0.717) is 5.96 Å². The lowest BCUT2D eigenvalue weighted by molar-refractivity contribution is 0.511.